The largest absolute Gasteiger partial charge is 0.493 e. The Hall–Kier alpha value is -2.15. The molecule has 2 aliphatic rings. The van der Waals surface area contributed by atoms with Crippen LogP contribution in [0, 0.1) is 0 Å². The molecule has 7 heteroatoms. The van der Waals surface area contributed by atoms with E-state index in [2.05, 4.69) is 15.1 Å². The molecule has 1 aliphatic carbocycles. The Morgan fingerprint density at radius 1 is 1.29 bits per heavy atom. The van der Waals surface area contributed by atoms with Gasteiger partial charge in [0.1, 0.15) is 11.5 Å². The minimum Gasteiger partial charge on any atom is -0.493 e. The molecule has 0 spiro atoms. The third kappa shape index (κ3) is 3.51. The van der Waals surface area contributed by atoms with Gasteiger partial charge in [-0.15, -0.1) is 0 Å². The van der Waals surface area contributed by atoms with Crippen molar-refractivity contribution in [1.29, 1.82) is 0 Å². The smallest absolute Gasteiger partial charge is 0.291 e. The molecule has 0 unspecified atom stereocenters. The van der Waals surface area contributed by atoms with Crippen LogP contribution in [-0.2, 0) is 0 Å². The van der Waals surface area contributed by atoms with Crippen molar-refractivity contribution >= 4 is 5.69 Å². The SMILES string of the molecule is COc1cn[nH]c(=O)c1N1CCN(CC2=C(C)C=C(F)CC2)CC1. The van der Waals surface area contributed by atoms with Gasteiger partial charge in [-0.2, -0.15) is 5.10 Å². The van der Waals surface area contributed by atoms with Gasteiger partial charge in [0.25, 0.3) is 5.56 Å². The molecular weight excluding hydrogens is 311 g/mol. The molecule has 6 nitrogen and oxygen atoms in total. The van der Waals surface area contributed by atoms with Crippen molar-refractivity contribution in [2.24, 2.45) is 0 Å². The van der Waals surface area contributed by atoms with Gasteiger partial charge in [0, 0.05) is 39.1 Å². The summed E-state index contributed by atoms with van der Waals surface area (Å²) in [5.41, 5.74) is 2.68. The summed E-state index contributed by atoms with van der Waals surface area (Å²) in [4.78, 5) is 16.5. The van der Waals surface area contributed by atoms with E-state index >= 15 is 0 Å². The van der Waals surface area contributed by atoms with Gasteiger partial charge in [-0.3, -0.25) is 9.69 Å². The Labute approximate surface area is 140 Å². The second kappa shape index (κ2) is 7.17. The maximum atomic E-state index is 13.3. The number of hydrogen-bond acceptors (Lipinski definition) is 5. The Morgan fingerprint density at radius 2 is 2.04 bits per heavy atom. The highest BCUT2D eigenvalue weighted by Gasteiger charge is 2.23. The highest BCUT2D eigenvalue weighted by molar-refractivity contribution is 5.55. The molecule has 1 N–H and O–H groups in total. The number of aromatic amines is 1. The molecule has 1 saturated heterocycles. The van der Waals surface area contributed by atoms with Gasteiger partial charge in [-0.1, -0.05) is 5.57 Å². The van der Waals surface area contributed by atoms with Crippen molar-refractivity contribution in [2.45, 2.75) is 19.8 Å². The lowest BCUT2D eigenvalue weighted by molar-refractivity contribution is 0.273. The van der Waals surface area contributed by atoms with Gasteiger partial charge in [0.2, 0.25) is 0 Å². The van der Waals surface area contributed by atoms with E-state index in [-0.39, 0.29) is 11.4 Å². The number of methoxy groups -OCH3 is 1. The molecule has 0 amide bonds. The van der Waals surface area contributed by atoms with Crippen LogP contribution in [0.5, 0.6) is 5.75 Å². The number of H-pyrrole nitrogens is 1. The second-order valence-corrected chi connectivity index (χ2v) is 6.26. The summed E-state index contributed by atoms with van der Waals surface area (Å²) < 4.78 is 18.6. The van der Waals surface area contributed by atoms with E-state index in [4.69, 9.17) is 4.74 Å². The van der Waals surface area contributed by atoms with Crippen LogP contribution in [0.1, 0.15) is 19.8 Å². The predicted molar refractivity (Wildman–Crippen MR) is 91.2 cm³/mol. The first kappa shape index (κ1) is 16.7. The minimum atomic E-state index is -0.228. The van der Waals surface area contributed by atoms with Gasteiger partial charge >= 0.3 is 0 Å². The summed E-state index contributed by atoms with van der Waals surface area (Å²) in [7, 11) is 1.54. The average molecular weight is 334 g/mol. The van der Waals surface area contributed by atoms with Crippen LogP contribution in [0.2, 0.25) is 0 Å². The summed E-state index contributed by atoms with van der Waals surface area (Å²) in [6.07, 6.45) is 4.49. The predicted octanol–water partition coefficient (Wildman–Crippen LogP) is 1.86. The van der Waals surface area contributed by atoms with E-state index in [0.717, 1.165) is 44.7 Å². The summed E-state index contributed by atoms with van der Waals surface area (Å²) in [6, 6.07) is 0. The Morgan fingerprint density at radius 3 is 2.71 bits per heavy atom. The molecule has 1 aliphatic heterocycles. The Kier molecular flexibility index (Phi) is 4.99. The maximum Gasteiger partial charge on any atom is 0.291 e. The number of rotatable bonds is 4. The molecule has 0 atom stereocenters. The number of allylic oxidation sites excluding steroid dienone is 3. The minimum absolute atomic E-state index is 0.0231. The van der Waals surface area contributed by atoms with Crippen LogP contribution in [0.3, 0.4) is 0 Å². The molecule has 0 radical (unpaired) electrons. The second-order valence-electron chi connectivity index (χ2n) is 6.26. The van der Waals surface area contributed by atoms with Crippen molar-refractivity contribution in [2.75, 3.05) is 44.7 Å². The quantitative estimate of drug-likeness (QED) is 0.911. The van der Waals surface area contributed by atoms with Crippen LogP contribution in [0.4, 0.5) is 10.1 Å². The fraction of sp³-hybridized carbons (Fsp3) is 0.529. The van der Waals surface area contributed by atoms with Crippen LogP contribution in [0.15, 0.2) is 34.0 Å². The number of aromatic nitrogens is 2. The molecule has 1 aromatic rings. The molecule has 2 heterocycles. The first-order chi connectivity index (χ1) is 11.6. The van der Waals surface area contributed by atoms with Crippen LogP contribution in [-0.4, -0.2) is 54.9 Å². The van der Waals surface area contributed by atoms with Crippen molar-refractivity contribution in [3.05, 3.63) is 39.6 Å². The van der Waals surface area contributed by atoms with Gasteiger partial charge in [-0.05, 0) is 25.0 Å². The first-order valence-electron chi connectivity index (χ1n) is 8.22. The number of ether oxygens (including phenoxy) is 1. The van der Waals surface area contributed by atoms with Crippen molar-refractivity contribution < 1.29 is 9.13 Å². The van der Waals surface area contributed by atoms with E-state index in [0.29, 0.717) is 17.9 Å². The van der Waals surface area contributed by atoms with Gasteiger partial charge in [0.15, 0.2) is 5.75 Å². The van der Waals surface area contributed by atoms with E-state index in [1.807, 2.05) is 11.8 Å². The normalized spacial score (nSPS) is 19.5. The topological polar surface area (TPSA) is 61.5 Å². The zero-order chi connectivity index (χ0) is 17.1. The van der Waals surface area contributed by atoms with E-state index in [1.165, 1.54) is 11.8 Å². The van der Waals surface area contributed by atoms with Crippen LogP contribution < -0.4 is 15.2 Å². The lowest BCUT2D eigenvalue weighted by Crippen LogP contribution is -2.48. The van der Waals surface area contributed by atoms with Gasteiger partial charge < -0.3 is 9.64 Å². The third-order valence-electron chi connectivity index (χ3n) is 4.72. The zero-order valence-corrected chi connectivity index (χ0v) is 14.1. The monoisotopic (exact) mass is 334 g/mol. The van der Waals surface area contributed by atoms with Gasteiger partial charge in [0.05, 0.1) is 13.3 Å². The van der Waals surface area contributed by atoms with Crippen molar-refractivity contribution in [3.63, 3.8) is 0 Å². The van der Waals surface area contributed by atoms with Crippen molar-refractivity contribution in [3.8, 4) is 5.75 Å². The molecular formula is C17H23FN4O2. The molecule has 1 fully saturated rings. The summed E-state index contributed by atoms with van der Waals surface area (Å²) in [6.45, 7) is 6.06. The molecule has 0 bridgehead atoms. The molecule has 3 rings (SSSR count). The van der Waals surface area contributed by atoms with Crippen LogP contribution >= 0.6 is 0 Å². The lowest BCUT2D eigenvalue weighted by Gasteiger charge is -2.36. The number of hydrogen-bond donors (Lipinski definition) is 1. The Bertz CT molecular complexity index is 718. The molecule has 24 heavy (non-hydrogen) atoms. The summed E-state index contributed by atoms with van der Waals surface area (Å²) in [5, 5.41) is 6.24. The molecule has 0 aromatic carbocycles. The number of anilines is 1. The van der Waals surface area contributed by atoms with Gasteiger partial charge in [-0.25, -0.2) is 9.49 Å². The lowest BCUT2D eigenvalue weighted by atomic mass is 9.97. The third-order valence-corrected chi connectivity index (χ3v) is 4.72. The highest BCUT2D eigenvalue weighted by atomic mass is 19.1. The first-order valence-corrected chi connectivity index (χ1v) is 8.22. The summed E-state index contributed by atoms with van der Waals surface area (Å²) in [5.74, 6) is 0.476. The molecule has 130 valence electrons. The molecule has 1 aromatic heterocycles. The van der Waals surface area contributed by atoms with E-state index in [1.54, 1.807) is 13.2 Å². The van der Waals surface area contributed by atoms with E-state index in [9.17, 15) is 9.18 Å². The fourth-order valence-corrected chi connectivity index (χ4v) is 3.30. The number of piperazine rings is 1. The fourth-order valence-electron chi connectivity index (χ4n) is 3.30. The van der Waals surface area contributed by atoms with Crippen molar-refractivity contribution in [1.82, 2.24) is 15.1 Å². The number of nitrogens with zero attached hydrogens (tertiary/aromatic N) is 3. The average Bonchev–Trinajstić information content (AvgIpc) is 2.58. The number of nitrogens with one attached hydrogen (secondary N) is 1. The summed E-state index contributed by atoms with van der Waals surface area (Å²) >= 11 is 0. The molecule has 0 saturated carbocycles. The Balaban J connectivity index is 1.65. The van der Waals surface area contributed by atoms with Crippen LogP contribution in [0.25, 0.3) is 0 Å². The highest BCUT2D eigenvalue weighted by Crippen LogP contribution is 2.27. The maximum absolute atomic E-state index is 13.3. The zero-order valence-electron chi connectivity index (χ0n) is 14.1. The standard InChI is InChI=1S/C17H23FN4O2/c1-12-9-14(18)4-3-13(12)11-21-5-7-22(8-6-21)16-15(24-2)10-19-20-17(16)23/h9-10H,3-8,11H2,1-2H3,(H,20,23). The van der Waals surface area contributed by atoms with E-state index < -0.39 is 0 Å². The number of halogens is 1.